The van der Waals surface area contributed by atoms with Crippen LogP contribution in [0.4, 0.5) is 5.69 Å². The Hall–Kier alpha value is -1.37. The van der Waals surface area contributed by atoms with Crippen molar-refractivity contribution in [1.29, 1.82) is 0 Å². The largest absolute Gasteiger partial charge is 0.481 e. The molecule has 21 heavy (non-hydrogen) atoms. The molecular formula is C15H14BrMgNO3. The Morgan fingerprint density at radius 3 is 2.29 bits per heavy atom. The minimum absolute atomic E-state index is 0. The van der Waals surface area contributed by atoms with Gasteiger partial charge in [-0.25, -0.2) is 0 Å². The third-order valence-corrected chi connectivity index (χ3v) is 3.42. The minimum atomic E-state index is -0.982. The first kappa shape index (κ1) is 17.7. The van der Waals surface area contributed by atoms with Crippen LogP contribution in [0.15, 0.2) is 46.9 Å². The molecule has 0 saturated heterocycles. The highest BCUT2D eigenvalue weighted by Crippen LogP contribution is 2.22. The van der Waals surface area contributed by atoms with Crippen LogP contribution >= 0.6 is 15.9 Å². The first-order valence-electron chi connectivity index (χ1n) is 5.88. The molecule has 2 rings (SSSR count). The van der Waals surface area contributed by atoms with Crippen LogP contribution in [0.2, 0.25) is 0 Å². The number of hydrogen-bond acceptors (Lipinski definition) is 3. The van der Waals surface area contributed by atoms with Crippen molar-refractivity contribution in [2.24, 2.45) is 0 Å². The zero-order valence-electron chi connectivity index (χ0n) is 10.5. The Labute approximate surface area is 146 Å². The molecule has 6 heteroatoms. The summed E-state index contributed by atoms with van der Waals surface area (Å²) in [5.41, 5.74) is 7.41. The number of benzene rings is 2. The van der Waals surface area contributed by atoms with Crippen molar-refractivity contribution in [2.75, 3.05) is 5.73 Å². The SMILES string of the molecule is Nc1c(CC(=O)O)cccc1C(=O)c1ccc(Br)cc1.[MgH2]. The van der Waals surface area contributed by atoms with E-state index in [1.807, 2.05) is 0 Å². The van der Waals surface area contributed by atoms with Gasteiger partial charge in [0.25, 0.3) is 0 Å². The van der Waals surface area contributed by atoms with E-state index in [1.165, 1.54) is 0 Å². The first-order valence-corrected chi connectivity index (χ1v) is 6.68. The molecule has 0 radical (unpaired) electrons. The summed E-state index contributed by atoms with van der Waals surface area (Å²) in [6.07, 6.45) is -0.201. The second-order valence-electron chi connectivity index (χ2n) is 4.28. The number of carboxylic acid groups (broad SMARTS) is 1. The third-order valence-electron chi connectivity index (χ3n) is 2.89. The molecule has 3 N–H and O–H groups in total. The van der Waals surface area contributed by atoms with Crippen LogP contribution in [0.5, 0.6) is 0 Å². The predicted molar refractivity (Wildman–Crippen MR) is 88.3 cm³/mol. The molecule has 0 fully saturated rings. The van der Waals surface area contributed by atoms with E-state index in [-0.39, 0.29) is 40.9 Å². The van der Waals surface area contributed by atoms with E-state index in [9.17, 15) is 9.59 Å². The number of carbonyl (C=O) groups is 2. The third kappa shape index (κ3) is 4.29. The first-order chi connectivity index (χ1) is 9.49. The van der Waals surface area contributed by atoms with Gasteiger partial charge in [-0.1, -0.05) is 28.1 Å². The maximum absolute atomic E-state index is 12.4. The molecule has 0 aliphatic heterocycles. The molecule has 2 aromatic carbocycles. The van der Waals surface area contributed by atoms with E-state index < -0.39 is 5.97 Å². The summed E-state index contributed by atoms with van der Waals surface area (Å²) < 4.78 is 0.877. The number of halogens is 1. The summed E-state index contributed by atoms with van der Waals surface area (Å²) in [4.78, 5) is 23.1. The van der Waals surface area contributed by atoms with Gasteiger partial charge in [-0.05, 0) is 35.9 Å². The number of aliphatic carboxylic acids is 1. The Kier molecular flexibility index (Phi) is 6.38. The second-order valence-corrected chi connectivity index (χ2v) is 5.20. The quantitative estimate of drug-likeness (QED) is 0.496. The summed E-state index contributed by atoms with van der Waals surface area (Å²) in [6.45, 7) is 0. The number of ketones is 1. The van der Waals surface area contributed by atoms with Gasteiger partial charge < -0.3 is 10.8 Å². The highest BCUT2D eigenvalue weighted by Gasteiger charge is 2.15. The smallest absolute Gasteiger partial charge is 0.316 e. The highest BCUT2D eigenvalue weighted by molar-refractivity contribution is 9.10. The number of carboxylic acids is 1. The molecule has 0 unspecified atom stereocenters. The second kappa shape index (κ2) is 7.58. The lowest BCUT2D eigenvalue weighted by Gasteiger charge is -2.09. The fraction of sp³-hybridized carbons (Fsp3) is 0.0667. The molecule has 106 valence electrons. The zero-order valence-corrected chi connectivity index (χ0v) is 12.1. The van der Waals surface area contributed by atoms with Crippen LogP contribution < -0.4 is 5.73 Å². The minimum Gasteiger partial charge on any atom is -0.481 e. The molecule has 0 saturated carbocycles. The lowest BCUT2D eigenvalue weighted by Crippen LogP contribution is -2.10. The van der Waals surface area contributed by atoms with Crippen molar-refractivity contribution in [3.05, 3.63) is 63.6 Å². The Morgan fingerprint density at radius 1 is 1.10 bits per heavy atom. The van der Waals surface area contributed by atoms with Crippen molar-refractivity contribution in [3.8, 4) is 0 Å². The van der Waals surface area contributed by atoms with Crippen LogP contribution in [0.3, 0.4) is 0 Å². The monoisotopic (exact) mass is 359 g/mol. The summed E-state index contributed by atoms with van der Waals surface area (Å²) in [6, 6.07) is 11.8. The number of rotatable bonds is 4. The van der Waals surface area contributed by atoms with Gasteiger partial charge in [-0.2, -0.15) is 0 Å². The van der Waals surface area contributed by atoms with Crippen molar-refractivity contribution >= 4 is 56.4 Å². The molecule has 0 amide bonds. The standard InChI is InChI=1S/C15H12BrNO3.Mg.2H/c16-11-6-4-9(5-7-11)15(20)12-3-1-2-10(14(12)17)8-13(18)19;;;/h1-7H,8,17H2,(H,18,19);;;. The maximum Gasteiger partial charge on any atom is 0.316 e. The van der Waals surface area contributed by atoms with Gasteiger partial charge in [-0.15, -0.1) is 0 Å². The average Bonchev–Trinajstić information content (AvgIpc) is 2.41. The van der Waals surface area contributed by atoms with Gasteiger partial charge in [0.1, 0.15) is 0 Å². The molecule has 0 bridgehead atoms. The van der Waals surface area contributed by atoms with Crippen LogP contribution in [0, 0.1) is 0 Å². The Morgan fingerprint density at radius 2 is 1.71 bits per heavy atom. The molecule has 4 nitrogen and oxygen atoms in total. The number of nitrogen functional groups attached to an aromatic ring is 1. The van der Waals surface area contributed by atoms with Crippen molar-refractivity contribution < 1.29 is 14.7 Å². The van der Waals surface area contributed by atoms with Gasteiger partial charge in [0.15, 0.2) is 5.78 Å². The van der Waals surface area contributed by atoms with Gasteiger partial charge >= 0.3 is 29.0 Å². The molecular weight excluding hydrogens is 346 g/mol. The molecule has 0 aromatic heterocycles. The highest BCUT2D eigenvalue weighted by atomic mass is 79.9. The fourth-order valence-corrected chi connectivity index (χ4v) is 2.15. The van der Waals surface area contributed by atoms with Gasteiger partial charge in [-0.3, -0.25) is 9.59 Å². The van der Waals surface area contributed by atoms with Crippen LogP contribution in [-0.2, 0) is 11.2 Å². The molecule has 0 aliphatic carbocycles. The molecule has 0 atom stereocenters. The van der Waals surface area contributed by atoms with E-state index in [1.54, 1.807) is 42.5 Å². The van der Waals surface area contributed by atoms with Crippen LogP contribution in [-0.4, -0.2) is 39.9 Å². The van der Waals surface area contributed by atoms with Gasteiger partial charge in [0.2, 0.25) is 0 Å². The lowest BCUT2D eigenvalue weighted by molar-refractivity contribution is -0.136. The molecule has 0 aliphatic rings. The Balaban J connectivity index is 0.00000220. The number of para-hydroxylation sites is 1. The van der Waals surface area contributed by atoms with E-state index in [2.05, 4.69) is 15.9 Å². The molecule has 2 aromatic rings. The summed E-state index contributed by atoms with van der Waals surface area (Å²) in [5, 5.41) is 8.82. The number of carbonyl (C=O) groups excluding carboxylic acids is 1. The van der Waals surface area contributed by atoms with Crippen LogP contribution in [0.1, 0.15) is 21.5 Å². The molecule has 0 heterocycles. The number of anilines is 1. The van der Waals surface area contributed by atoms with Crippen molar-refractivity contribution in [1.82, 2.24) is 0 Å². The zero-order chi connectivity index (χ0) is 14.7. The number of nitrogens with two attached hydrogens (primary N) is 1. The van der Waals surface area contributed by atoms with Crippen molar-refractivity contribution in [3.63, 3.8) is 0 Å². The van der Waals surface area contributed by atoms with E-state index >= 15 is 0 Å². The summed E-state index contributed by atoms with van der Waals surface area (Å²) >= 11 is 3.30. The maximum atomic E-state index is 12.4. The molecule has 0 spiro atoms. The van der Waals surface area contributed by atoms with E-state index in [4.69, 9.17) is 10.8 Å². The van der Waals surface area contributed by atoms with Crippen molar-refractivity contribution in [2.45, 2.75) is 6.42 Å². The lowest BCUT2D eigenvalue weighted by atomic mass is 9.98. The van der Waals surface area contributed by atoms with E-state index in [0.717, 1.165) is 4.47 Å². The van der Waals surface area contributed by atoms with Crippen LogP contribution in [0.25, 0.3) is 0 Å². The van der Waals surface area contributed by atoms with Gasteiger partial charge in [0.05, 0.1) is 6.42 Å². The topological polar surface area (TPSA) is 80.4 Å². The average molecular weight is 360 g/mol. The van der Waals surface area contributed by atoms with E-state index in [0.29, 0.717) is 16.7 Å². The fourth-order valence-electron chi connectivity index (χ4n) is 1.88. The summed E-state index contributed by atoms with van der Waals surface area (Å²) in [5.74, 6) is -1.20. The predicted octanol–water partition coefficient (Wildman–Crippen LogP) is 1.97. The Bertz CT molecular complexity index is 671. The normalized spacial score (nSPS) is 9.76. The number of hydrogen-bond donors (Lipinski definition) is 2. The summed E-state index contributed by atoms with van der Waals surface area (Å²) in [7, 11) is 0. The van der Waals surface area contributed by atoms with Gasteiger partial charge in [0, 0.05) is 21.3 Å².